The summed E-state index contributed by atoms with van der Waals surface area (Å²) < 4.78 is 0. The molecule has 0 heterocycles. The first kappa shape index (κ1) is 39.4. The quantitative estimate of drug-likeness (QED) is 0.135. The Hall–Kier alpha value is -8.46. The molecule has 0 spiro atoms. The molecule has 0 aliphatic carbocycles. The Kier molecular flexibility index (Phi) is 10.5. The van der Waals surface area contributed by atoms with E-state index in [4.69, 9.17) is 0 Å². The minimum absolute atomic E-state index is 1.11. The minimum atomic E-state index is 1.11. The normalized spacial score (nSPS) is 11.2. The zero-order chi connectivity index (χ0) is 43.5. The van der Waals surface area contributed by atoms with Gasteiger partial charge < -0.3 is 9.80 Å². The molecular weight excluding hydrogens is 785 g/mol. The topological polar surface area (TPSA) is 6.48 Å². The fourth-order valence-electron chi connectivity index (χ4n) is 9.46. The second-order valence-corrected chi connectivity index (χ2v) is 16.6. The van der Waals surface area contributed by atoms with Crippen molar-refractivity contribution in [3.8, 4) is 44.5 Å². The number of rotatable bonds is 10. The van der Waals surface area contributed by atoms with Crippen LogP contribution in [0.25, 0.3) is 66.1 Å². The average Bonchev–Trinajstić information content (AvgIpc) is 3.38. The molecule has 0 N–H and O–H groups in total. The van der Waals surface area contributed by atoms with Crippen molar-refractivity contribution in [1.82, 2.24) is 0 Å². The van der Waals surface area contributed by atoms with E-state index in [1.807, 2.05) is 0 Å². The second kappa shape index (κ2) is 17.4. The fourth-order valence-corrected chi connectivity index (χ4v) is 9.46. The molecule has 65 heavy (non-hydrogen) atoms. The van der Waals surface area contributed by atoms with E-state index in [0.717, 1.165) is 34.1 Å². The second-order valence-electron chi connectivity index (χ2n) is 16.6. The van der Waals surface area contributed by atoms with Crippen LogP contribution in [0.1, 0.15) is 5.56 Å². The molecule has 0 radical (unpaired) electrons. The minimum Gasteiger partial charge on any atom is -0.310 e. The van der Waals surface area contributed by atoms with Crippen molar-refractivity contribution in [2.24, 2.45) is 0 Å². The summed E-state index contributed by atoms with van der Waals surface area (Å²) in [5.74, 6) is 0. The van der Waals surface area contributed by atoms with Crippen molar-refractivity contribution in [1.29, 1.82) is 0 Å². The largest absolute Gasteiger partial charge is 0.310 e. The summed E-state index contributed by atoms with van der Waals surface area (Å²) in [6, 6.07) is 94.2. The molecular formula is C63H46N2. The van der Waals surface area contributed by atoms with Crippen molar-refractivity contribution >= 4 is 55.7 Å². The maximum absolute atomic E-state index is 2.39. The van der Waals surface area contributed by atoms with Crippen LogP contribution in [0.4, 0.5) is 34.1 Å². The van der Waals surface area contributed by atoms with Crippen molar-refractivity contribution in [3.05, 3.63) is 266 Å². The van der Waals surface area contributed by atoms with Gasteiger partial charge in [0, 0.05) is 33.5 Å². The Labute approximate surface area is 381 Å². The van der Waals surface area contributed by atoms with Crippen LogP contribution in [0, 0.1) is 6.92 Å². The van der Waals surface area contributed by atoms with Crippen molar-refractivity contribution in [2.75, 3.05) is 9.80 Å². The van der Waals surface area contributed by atoms with Gasteiger partial charge in [0.1, 0.15) is 0 Å². The van der Waals surface area contributed by atoms with Gasteiger partial charge >= 0.3 is 0 Å². The molecule has 0 atom stereocenters. The van der Waals surface area contributed by atoms with E-state index in [2.05, 4.69) is 278 Å². The number of benzene rings is 11. The SMILES string of the molecule is Cc1cc(N(c2ccccc2)c2ccc(-c3ccccc3)c3ccccc23)ccc1-c1ccc(-c2ccc(N(c3ccccc3)c3ccc(-c4ccccc4)c4ccccc34)cc2)cc1. The standard InChI is InChI=1S/C63H46N2/c1-45-44-54(65(52-24-12-5-13-25-52)63-43-41-57(49-20-8-3-9-21-49)59-27-15-17-29-61(59)63)38-39-55(45)50-32-30-46(31-33-50)47-34-36-53(37-35-47)64(51-22-10-4-11-23-51)62-42-40-56(48-18-6-2-7-19-48)58-26-14-16-28-60(58)62/h2-44H,1H3. The number of para-hydroxylation sites is 2. The van der Waals surface area contributed by atoms with Gasteiger partial charge in [0.05, 0.1) is 11.4 Å². The zero-order valence-electron chi connectivity index (χ0n) is 36.2. The highest BCUT2D eigenvalue weighted by Gasteiger charge is 2.20. The summed E-state index contributed by atoms with van der Waals surface area (Å²) in [4.78, 5) is 4.76. The molecule has 0 bridgehead atoms. The molecule has 0 unspecified atom stereocenters. The summed E-state index contributed by atoms with van der Waals surface area (Å²) in [7, 11) is 0. The van der Waals surface area contributed by atoms with Gasteiger partial charge in [0.2, 0.25) is 0 Å². The number of anilines is 6. The van der Waals surface area contributed by atoms with E-state index in [1.165, 1.54) is 71.6 Å². The summed E-state index contributed by atoms with van der Waals surface area (Å²) in [5, 5.41) is 4.88. The summed E-state index contributed by atoms with van der Waals surface area (Å²) in [6.07, 6.45) is 0. The lowest BCUT2D eigenvalue weighted by atomic mass is 9.95. The number of hydrogen-bond donors (Lipinski definition) is 0. The van der Waals surface area contributed by atoms with Crippen LogP contribution in [-0.4, -0.2) is 0 Å². The summed E-state index contributed by atoms with van der Waals surface area (Å²) >= 11 is 0. The molecule has 0 aromatic heterocycles. The lowest BCUT2D eigenvalue weighted by molar-refractivity contribution is 1.28. The Morgan fingerprint density at radius 3 is 1.02 bits per heavy atom. The molecule has 2 nitrogen and oxygen atoms in total. The van der Waals surface area contributed by atoms with Gasteiger partial charge in [-0.25, -0.2) is 0 Å². The van der Waals surface area contributed by atoms with Crippen LogP contribution in [0.3, 0.4) is 0 Å². The molecule has 0 amide bonds. The average molecular weight is 831 g/mol. The monoisotopic (exact) mass is 830 g/mol. The van der Waals surface area contributed by atoms with Crippen LogP contribution in [-0.2, 0) is 0 Å². The fraction of sp³-hybridized carbons (Fsp3) is 0.0159. The molecule has 2 heteroatoms. The van der Waals surface area contributed by atoms with Gasteiger partial charge in [-0.1, -0.05) is 200 Å². The van der Waals surface area contributed by atoms with Crippen LogP contribution in [0.5, 0.6) is 0 Å². The molecule has 11 rings (SSSR count). The Balaban J connectivity index is 0.903. The smallest absolute Gasteiger partial charge is 0.0540 e. The predicted octanol–water partition coefficient (Wildman–Crippen LogP) is 17.9. The highest BCUT2D eigenvalue weighted by Crippen LogP contribution is 2.45. The highest BCUT2D eigenvalue weighted by molar-refractivity contribution is 6.07. The summed E-state index contributed by atoms with van der Waals surface area (Å²) in [5.41, 5.74) is 17.6. The maximum atomic E-state index is 2.39. The molecule has 11 aromatic rings. The van der Waals surface area contributed by atoms with E-state index in [9.17, 15) is 0 Å². The van der Waals surface area contributed by atoms with Gasteiger partial charge in [-0.15, -0.1) is 0 Å². The van der Waals surface area contributed by atoms with Gasteiger partial charge in [-0.2, -0.15) is 0 Å². The third kappa shape index (κ3) is 7.62. The van der Waals surface area contributed by atoms with E-state index < -0.39 is 0 Å². The first-order valence-corrected chi connectivity index (χ1v) is 22.3. The van der Waals surface area contributed by atoms with Gasteiger partial charge in [-0.05, 0) is 128 Å². The van der Waals surface area contributed by atoms with Gasteiger partial charge in [0.25, 0.3) is 0 Å². The van der Waals surface area contributed by atoms with Gasteiger partial charge in [-0.3, -0.25) is 0 Å². The Morgan fingerprint density at radius 1 is 0.231 bits per heavy atom. The molecule has 308 valence electrons. The van der Waals surface area contributed by atoms with E-state index >= 15 is 0 Å². The van der Waals surface area contributed by atoms with Crippen molar-refractivity contribution in [3.63, 3.8) is 0 Å². The molecule has 11 aromatic carbocycles. The number of hydrogen-bond acceptors (Lipinski definition) is 2. The van der Waals surface area contributed by atoms with Crippen molar-refractivity contribution < 1.29 is 0 Å². The molecule has 0 aliphatic rings. The lowest BCUT2D eigenvalue weighted by Crippen LogP contribution is -2.11. The Morgan fingerprint density at radius 2 is 0.554 bits per heavy atom. The van der Waals surface area contributed by atoms with Gasteiger partial charge in [0.15, 0.2) is 0 Å². The zero-order valence-corrected chi connectivity index (χ0v) is 36.2. The van der Waals surface area contributed by atoms with E-state index in [1.54, 1.807) is 0 Å². The molecule has 0 saturated heterocycles. The molecule has 0 aliphatic heterocycles. The van der Waals surface area contributed by atoms with Crippen molar-refractivity contribution in [2.45, 2.75) is 6.92 Å². The highest BCUT2D eigenvalue weighted by atomic mass is 15.1. The van der Waals surface area contributed by atoms with Crippen LogP contribution < -0.4 is 9.80 Å². The number of aryl methyl sites for hydroxylation is 1. The maximum Gasteiger partial charge on any atom is 0.0540 e. The Bertz CT molecular complexity index is 3400. The van der Waals surface area contributed by atoms with Crippen LogP contribution >= 0.6 is 0 Å². The number of fused-ring (bicyclic) bond motifs is 2. The molecule has 0 saturated carbocycles. The predicted molar refractivity (Wildman–Crippen MR) is 277 cm³/mol. The summed E-state index contributed by atoms with van der Waals surface area (Å²) in [6.45, 7) is 2.22. The third-order valence-electron chi connectivity index (χ3n) is 12.6. The number of nitrogens with zero attached hydrogens (tertiary/aromatic N) is 2. The molecule has 0 fully saturated rings. The van der Waals surface area contributed by atoms with E-state index in [0.29, 0.717) is 0 Å². The van der Waals surface area contributed by atoms with Crippen LogP contribution in [0.15, 0.2) is 261 Å². The van der Waals surface area contributed by atoms with Crippen LogP contribution in [0.2, 0.25) is 0 Å². The van der Waals surface area contributed by atoms with E-state index in [-0.39, 0.29) is 0 Å². The third-order valence-corrected chi connectivity index (χ3v) is 12.6. The first-order chi connectivity index (χ1) is 32.2. The lowest BCUT2D eigenvalue weighted by Gasteiger charge is -2.28. The first-order valence-electron chi connectivity index (χ1n) is 22.3.